The topological polar surface area (TPSA) is 30.5 Å². The summed E-state index contributed by atoms with van der Waals surface area (Å²) in [5.74, 6) is 1.73. The van der Waals surface area contributed by atoms with Crippen LogP contribution in [0, 0.1) is 0 Å². The van der Waals surface area contributed by atoms with Crippen LogP contribution in [0.3, 0.4) is 0 Å². The van der Waals surface area contributed by atoms with Gasteiger partial charge in [-0.1, -0.05) is 18.2 Å². The van der Waals surface area contributed by atoms with Crippen LogP contribution in [0.15, 0.2) is 48.5 Å². The second kappa shape index (κ2) is 5.96. The van der Waals surface area contributed by atoms with Gasteiger partial charge >= 0.3 is 0 Å². The summed E-state index contributed by atoms with van der Waals surface area (Å²) in [7, 11) is 3.34. The van der Waals surface area contributed by atoms with Crippen molar-refractivity contribution in [3.8, 4) is 11.5 Å². The maximum atomic E-state index is 5.20. The van der Waals surface area contributed by atoms with Crippen LogP contribution < -0.4 is 14.8 Å². The van der Waals surface area contributed by atoms with Crippen molar-refractivity contribution in [2.75, 3.05) is 19.5 Å². The average Bonchev–Trinajstić information content (AvgIpc) is 2.45. The van der Waals surface area contributed by atoms with E-state index in [1.54, 1.807) is 14.2 Å². The lowest BCUT2D eigenvalue weighted by Crippen LogP contribution is -1.99. The van der Waals surface area contributed by atoms with E-state index in [1.807, 2.05) is 42.5 Å². The molecular weight excluding hydrogens is 226 g/mol. The average molecular weight is 243 g/mol. The van der Waals surface area contributed by atoms with E-state index in [0.29, 0.717) is 0 Å². The molecule has 18 heavy (non-hydrogen) atoms. The van der Waals surface area contributed by atoms with E-state index >= 15 is 0 Å². The van der Waals surface area contributed by atoms with Gasteiger partial charge in [0.2, 0.25) is 0 Å². The molecule has 0 spiro atoms. The van der Waals surface area contributed by atoms with Crippen molar-refractivity contribution in [1.82, 2.24) is 0 Å². The SMILES string of the molecule is COc1cccc(CNc2cccc(OC)c2)c1. The molecule has 3 heteroatoms. The van der Waals surface area contributed by atoms with Crippen molar-refractivity contribution < 1.29 is 9.47 Å². The van der Waals surface area contributed by atoms with Gasteiger partial charge in [0.25, 0.3) is 0 Å². The molecule has 0 aliphatic heterocycles. The molecule has 2 rings (SSSR count). The van der Waals surface area contributed by atoms with Crippen molar-refractivity contribution in [3.05, 3.63) is 54.1 Å². The molecular formula is C15H17NO2. The molecule has 0 aromatic heterocycles. The molecule has 0 fully saturated rings. The number of rotatable bonds is 5. The molecule has 0 aliphatic rings. The van der Waals surface area contributed by atoms with Gasteiger partial charge in [-0.2, -0.15) is 0 Å². The maximum absolute atomic E-state index is 5.20. The number of hydrogen-bond acceptors (Lipinski definition) is 3. The van der Waals surface area contributed by atoms with Crippen LogP contribution in [-0.4, -0.2) is 14.2 Å². The number of benzene rings is 2. The fourth-order valence-electron chi connectivity index (χ4n) is 1.72. The molecule has 0 bridgehead atoms. The van der Waals surface area contributed by atoms with E-state index in [2.05, 4.69) is 11.4 Å². The fourth-order valence-corrected chi connectivity index (χ4v) is 1.72. The van der Waals surface area contributed by atoms with E-state index in [0.717, 1.165) is 23.7 Å². The van der Waals surface area contributed by atoms with E-state index in [9.17, 15) is 0 Å². The Kier molecular flexibility index (Phi) is 4.07. The van der Waals surface area contributed by atoms with Gasteiger partial charge in [-0.25, -0.2) is 0 Å². The van der Waals surface area contributed by atoms with Gasteiger partial charge in [0.1, 0.15) is 11.5 Å². The third-order valence-corrected chi connectivity index (χ3v) is 2.70. The Morgan fingerprint density at radius 1 is 0.889 bits per heavy atom. The summed E-state index contributed by atoms with van der Waals surface area (Å²) in [6.45, 7) is 0.754. The zero-order valence-electron chi connectivity index (χ0n) is 10.6. The second-order valence-corrected chi connectivity index (χ2v) is 3.94. The van der Waals surface area contributed by atoms with Gasteiger partial charge in [0.05, 0.1) is 14.2 Å². The highest BCUT2D eigenvalue weighted by Gasteiger charge is 1.98. The molecule has 3 nitrogen and oxygen atoms in total. The quantitative estimate of drug-likeness (QED) is 0.873. The summed E-state index contributed by atoms with van der Waals surface area (Å²) in [4.78, 5) is 0. The third-order valence-electron chi connectivity index (χ3n) is 2.70. The van der Waals surface area contributed by atoms with Gasteiger partial charge < -0.3 is 14.8 Å². The first-order valence-corrected chi connectivity index (χ1v) is 5.82. The predicted octanol–water partition coefficient (Wildman–Crippen LogP) is 3.32. The molecule has 0 amide bonds. The first-order chi connectivity index (χ1) is 8.81. The lowest BCUT2D eigenvalue weighted by atomic mass is 10.2. The fraction of sp³-hybridized carbons (Fsp3) is 0.200. The van der Waals surface area contributed by atoms with Crippen LogP contribution in [0.4, 0.5) is 5.69 Å². The predicted molar refractivity (Wildman–Crippen MR) is 73.3 cm³/mol. The van der Waals surface area contributed by atoms with Crippen molar-refractivity contribution in [1.29, 1.82) is 0 Å². The Labute approximate surface area is 107 Å². The second-order valence-electron chi connectivity index (χ2n) is 3.94. The number of anilines is 1. The zero-order chi connectivity index (χ0) is 12.8. The van der Waals surface area contributed by atoms with Gasteiger partial charge in [0.15, 0.2) is 0 Å². The number of nitrogens with one attached hydrogen (secondary N) is 1. The standard InChI is InChI=1S/C15H17NO2/c1-17-14-7-3-5-12(9-14)11-16-13-6-4-8-15(10-13)18-2/h3-10,16H,11H2,1-2H3. The Hall–Kier alpha value is -2.16. The Balaban J connectivity index is 2.01. The van der Waals surface area contributed by atoms with Crippen molar-refractivity contribution in [2.24, 2.45) is 0 Å². The van der Waals surface area contributed by atoms with E-state index < -0.39 is 0 Å². The molecule has 2 aromatic rings. The smallest absolute Gasteiger partial charge is 0.120 e. The molecule has 0 unspecified atom stereocenters. The van der Waals surface area contributed by atoms with Crippen LogP contribution >= 0.6 is 0 Å². The first-order valence-electron chi connectivity index (χ1n) is 5.82. The van der Waals surface area contributed by atoms with Crippen LogP contribution in [0.25, 0.3) is 0 Å². The van der Waals surface area contributed by atoms with Gasteiger partial charge in [-0.3, -0.25) is 0 Å². The van der Waals surface area contributed by atoms with Crippen molar-refractivity contribution >= 4 is 5.69 Å². The molecule has 1 N–H and O–H groups in total. The Morgan fingerprint density at radius 2 is 1.56 bits per heavy atom. The summed E-state index contributed by atoms with van der Waals surface area (Å²) >= 11 is 0. The summed E-state index contributed by atoms with van der Waals surface area (Å²) < 4.78 is 10.4. The zero-order valence-corrected chi connectivity index (χ0v) is 10.6. The van der Waals surface area contributed by atoms with Crippen molar-refractivity contribution in [3.63, 3.8) is 0 Å². The monoisotopic (exact) mass is 243 g/mol. The summed E-state index contributed by atoms with van der Waals surface area (Å²) in [5.41, 5.74) is 2.22. The molecule has 0 saturated heterocycles. The van der Waals surface area contributed by atoms with Crippen LogP contribution in [0.1, 0.15) is 5.56 Å². The minimum absolute atomic E-state index is 0.754. The molecule has 0 aliphatic carbocycles. The lowest BCUT2D eigenvalue weighted by Gasteiger charge is -2.09. The van der Waals surface area contributed by atoms with Crippen molar-refractivity contribution in [2.45, 2.75) is 6.54 Å². The van der Waals surface area contributed by atoms with Gasteiger partial charge in [0, 0.05) is 18.3 Å². The van der Waals surface area contributed by atoms with E-state index in [-0.39, 0.29) is 0 Å². The lowest BCUT2D eigenvalue weighted by molar-refractivity contribution is 0.414. The van der Waals surface area contributed by atoms with E-state index in [1.165, 1.54) is 5.56 Å². The highest BCUT2D eigenvalue weighted by atomic mass is 16.5. The normalized spacial score (nSPS) is 9.89. The van der Waals surface area contributed by atoms with Crippen LogP contribution in [0.5, 0.6) is 11.5 Å². The summed E-state index contributed by atoms with van der Waals surface area (Å²) in [6.07, 6.45) is 0. The highest BCUT2D eigenvalue weighted by molar-refractivity contribution is 5.48. The van der Waals surface area contributed by atoms with Crippen LogP contribution in [-0.2, 0) is 6.54 Å². The molecule has 0 radical (unpaired) electrons. The molecule has 0 heterocycles. The van der Waals surface area contributed by atoms with Gasteiger partial charge in [-0.15, -0.1) is 0 Å². The molecule has 0 saturated carbocycles. The summed E-state index contributed by atoms with van der Waals surface area (Å²) in [5, 5.41) is 3.35. The Morgan fingerprint density at radius 3 is 2.28 bits per heavy atom. The molecule has 2 aromatic carbocycles. The highest BCUT2D eigenvalue weighted by Crippen LogP contribution is 2.18. The number of methoxy groups -OCH3 is 2. The minimum atomic E-state index is 0.754. The van der Waals surface area contributed by atoms with E-state index in [4.69, 9.17) is 9.47 Å². The number of hydrogen-bond donors (Lipinski definition) is 1. The molecule has 94 valence electrons. The first kappa shape index (κ1) is 12.3. The molecule has 0 atom stereocenters. The third kappa shape index (κ3) is 3.17. The van der Waals surface area contributed by atoms with Gasteiger partial charge in [-0.05, 0) is 29.8 Å². The number of ether oxygens (including phenoxy) is 2. The largest absolute Gasteiger partial charge is 0.497 e. The van der Waals surface area contributed by atoms with Crippen LogP contribution in [0.2, 0.25) is 0 Å². The maximum Gasteiger partial charge on any atom is 0.120 e. The Bertz CT molecular complexity index is 464. The minimum Gasteiger partial charge on any atom is -0.497 e. The summed E-state index contributed by atoms with van der Waals surface area (Å²) in [6, 6.07) is 15.9.